The van der Waals surface area contributed by atoms with E-state index in [0.29, 0.717) is 24.7 Å². The third-order valence-corrected chi connectivity index (χ3v) is 5.33. The molecule has 134 valence electrons. The molecule has 0 radical (unpaired) electrons. The van der Waals surface area contributed by atoms with Crippen LogP contribution in [0.4, 0.5) is 0 Å². The third kappa shape index (κ3) is 3.35. The van der Waals surface area contributed by atoms with Gasteiger partial charge in [-0.05, 0) is 47.6 Å². The highest BCUT2D eigenvalue weighted by atomic mass is 16.5. The van der Waals surface area contributed by atoms with Crippen molar-refractivity contribution in [2.75, 3.05) is 0 Å². The van der Waals surface area contributed by atoms with Crippen LogP contribution in [-0.4, -0.2) is 34.0 Å². The monoisotopic (exact) mass is 351 g/mol. The molecule has 2 aromatic carbocycles. The molecule has 2 aromatic rings. The van der Waals surface area contributed by atoms with Crippen molar-refractivity contribution in [1.82, 2.24) is 4.90 Å². The molecule has 1 fully saturated rings. The van der Waals surface area contributed by atoms with Gasteiger partial charge in [-0.3, -0.25) is 4.79 Å². The lowest BCUT2D eigenvalue weighted by molar-refractivity contribution is 0.0707. The standard InChI is InChI=1S/C20H22BNO4/c23-20-19-9-8-18(11-15(19)12-22(20)17-6-1-2-7-17)26-13-14-4-3-5-16(10-14)21(24)25/h3-5,8-11,17,24-25H,1-2,6-7,12-13H2. The lowest BCUT2D eigenvalue weighted by atomic mass is 9.80. The fourth-order valence-electron chi connectivity index (χ4n) is 3.93. The van der Waals surface area contributed by atoms with Gasteiger partial charge in [-0.1, -0.05) is 37.1 Å². The molecule has 6 heteroatoms. The van der Waals surface area contributed by atoms with Gasteiger partial charge in [-0.25, -0.2) is 0 Å². The normalized spacial score (nSPS) is 16.8. The van der Waals surface area contributed by atoms with Gasteiger partial charge < -0.3 is 19.7 Å². The van der Waals surface area contributed by atoms with Gasteiger partial charge in [-0.2, -0.15) is 0 Å². The van der Waals surface area contributed by atoms with E-state index >= 15 is 0 Å². The maximum Gasteiger partial charge on any atom is 0.488 e. The Balaban J connectivity index is 1.45. The first kappa shape index (κ1) is 17.1. The van der Waals surface area contributed by atoms with E-state index in [1.54, 1.807) is 18.2 Å². The SMILES string of the molecule is O=C1c2ccc(OCc3cccc(B(O)O)c3)cc2CN1C1CCCC1. The molecule has 0 saturated heterocycles. The van der Waals surface area contributed by atoms with Crippen LogP contribution in [0.5, 0.6) is 5.75 Å². The number of hydrogen-bond donors (Lipinski definition) is 2. The van der Waals surface area contributed by atoms with Crippen LogP contribution in [0.2, 0.25) is 0 Å². The van der Waals surface area contributed by atoms with Gasteiger partial charge in [0.25, 0.3) is 5.91 Å². The van der Waals surface area contributed by atoms with Crippen LogP contribution in [0.15, 0.2) is 42.5 Å². The average Bonchev–Trinajstić information content (AvgIpc) is 3.28. The molecule has 2 N–H and O–H groups in total. The van der Waals surface area contributed by atoms with Gasteiger partial charge in [-0.15, -0.1) is 0 Å². The predicted octanol–water partition coefficient (Wildman–Crippen LogP) is 1.84. The third-order valence-electron chi connectivity index (χ3n) is 5.33. The van der Waals surface area contributed by atoms with Gasteiger partial charge in [0.1, 0.15) is 12.4 Å². The molecule has 1 amide bonds. The predicted molar refractivity (Wildman–Crippen MR) is 99.2 cm³/mol. The van der Waals surface area contributed by atoms with E-state index in [-0.39, 0.29) is 5.91 Å². The molecule has 0 aromatic heterocycles. The minimum absolute atomic E-state index is 0.142. The summed E-state index contributed by atoms with van der Waals surface area (Å²) in [5.41, 5.74) is 3.12. The molecular weight excluding hydrogens is 329 g/mol. The highest BCUT2D eigenvalue weighted by Crippen LogP contribution is 2.33. The van der Waals surface area contributed by atoms with Crippen LogP contribution < -0.4 is 10.2 Å². The van der Waals surface area contributed by atoms with Crippen molar-refractivity contribution in [2.45, 2.75) is 44.9 Å². The van der Waals surface area contributed by atoms with Gasteiger partial charge in [0.05, 0.1) is 0 Å². The molecule has 0 spiro atoms. The summed E-state index contributed by atoms with van der Waals surface area (Å²) in [6.07, 6.45) is 4.63. The molecule has 1 saturated carbocycles. The molecule has 26 heavy (non-hydrogen) atoms. The first-order valence-corrected chi connectivity index (χ1v) is 9.13. The minimum atomic E-state index is -1.48. The minimum Gasteiger partial charge on any atom is -0.489 e. The topological polar surface area (TPSA) is 70.0 Å². The molecule has 1 aliphatic carbocycles. The number of rotatable bonds is 5. The van der Waals surface area contributed by atoms with Gasteiger partial charge in [0.15, 0.2) is 0 Å². The Morgan fingerprint density at radius 3 is 2.69 bits per heavy atom. The molecule has 4 rings (SSSR count). The number of hydrogen-bond acceptors (Lipinski definition) is 4. The van der Waals surface area contributed by atoms with E-state index in [1.165, 1.54) is 12.8 Å². The van der Waals surface area contributed by atoms with Crippen molar-refractivity contribution in [3.8, 4) is 5.75 Å². The van der Waals surface area contributed by atoms with E-state index < -0.39 is 7.12 Å². The van der Waals surface area contributed by atoms with Crippen LogP contribution in [0.1, 0.15) is 47.2 Å². The van der Waals surface area contributed by atoms with Crippen LogP contribution in [-0.2, 0) is 13.2 Å². The molecular formula is C20H22BNO4. The Kier molecular flexibility index (Phi) is 4.70. The fourth-order valence-corrected chi connectivity index (χ4v) is 3.93. The van der Waals surface area contributed by atoms with Crippen molar-refractivity contribution in [1.29, 1.82) is 0 Å². The molecule has 2 aliphatic rings. The summed E-state index contributed by atoms with van der Waals surface area (Å²) in [5, 5.41) is 18.5. The van der Waals surface area contributed by atoms with Crippen molar-refractivity contribution in [2.24, 2.45) is 0 Å². The number of nitrogens with zero attached hydrogens (tertiary/aromatic N) is 1. The van der Waals surface area contributed by atoms with E-state index in [2.05, 4.69) is 0 Å². The maximum absolute atomic E-state index is 12.6. The molecule has 1 heterocycles. The Morgan fingerprint density at radius 2 is 1.92 bits per heavy atom. The van der Waals surface area contributed by atoms with E-state index in [1.807, 2.05) is 29.2 Å². The smallest absolute Gasteiger partial charge is 0.488 e. The molecule has 1 aliphatic heterocycles. The molecule has 0 bridgehead atoms. The van der Waals surface area contributed by atoms with Crippen molar-refractivity contribution in [3.05, 3.63) is 59.2 Å². The number of carbonyl (C=O) groups is 1. The molecule has 5 nitrogen and oxygen atoms in total. The lowest BCUT2D eigenvalue weighted by Crippen LogP contribution is -2.33. The van der Waals surface area contributed by atoms with Gasteiger partial charge in [0.2, 0.25) is 0 Å². The first-order valence-electron chi connectivity index (χ1n) is 9.13. The van der Waals surface area contributed by atoms with E-state index in [4.69, 9.17) is 4.74 Å². The van der Waals surface area contributed by atoms with Crippen LogP contribution >= 0.6 is 0 Å². The van der Waals surface area contributed by atoms with Crippen LogP contribution in [0.3, 0.4) is 0 Å². The van der Waals surface area contributed by atoms with Crippen LogP contribution in [0, 0.1) is 0 Å². The van der Waals surface area contributed by atoms with Crippen LogP contribution in [0.25, 0.3) is 0 Å². The first-order chi connectivity index (χ1) is 12.6. The van der Waals surface area contributed by atoms with E-state index in [9.17, 15) is 14.8 Å². The summed E-state index contributed by atoms with van der Waals surface area (Å²) in [6.45, 7) is 1.00. The highest BCUT2D eigenvalue weighted by Gasteiger charge is 2.34. The highest BCUT2D eigenvalue weighted by molar-refractivity contribution is 6.58. The Bertz CT molecular complexity index is 817. The quantitative estimate of drug-likeness (QED) is 0.807. The maximum atomic E-state index is 12.6. The zero-order valence-electron chi connectivity index (χ0n) is 14.6. The molecule has 0 atom stereocenters. The summed E-state index contributed by atoms with van der Waals surface area (Å²) in [7, 11) is -1.48. The van der Waals surface area contributed by atoms with Crippen molar-refractivity contribution >= 4 is 18.5 Å². The summed E-state index contributed by atoms with van der Waals surface area (Å²) in [4.78, 5) is 14.6. The Hall–Kier alpha value is -2.31. The molecule has 0 unspecified atom stereocenters. The lowest BCUT2D eigenvalue weighted by Gasteiger charge is -2.23. The summed E-state index contributed by atoms with van der Waals surface area (Å²) >= 11 is 0. The Morgan fingerprint density at radius 1 is 1.12 bits per heavy atom. The number of fused-ring (bicyclic) bond motifs is 1. The van der Waals surface area contributed by atoms with Gasteiger partial charge >= 0.3 is 7.12 Å². The summed E-state index contributed by atoms with van der Waals surface area (Å²) in [6, 6.07) is 13.0. The van der Waals surface area contributed by atoms with Crippen molar-refractivity contribution < 1.29 is 19.6 Å². The largest absolute Gasteiger partial charge is 0.489 e. The zero-order valence-corrected chi connectivity index (χ0v) is 14.6. The van der Waals surface area contributed by atoms with Crippen molar-refractivity contribution in [3.63, 3.8) is 0 Å². The second kappa shape index (κ2) is 7.13. The number of carbonyl (C=O) groups excluding carboxylic acids is 1. The average molecular weight is 351 g/mol. The number of ether oxygens (including phenoxy) is 1. The zero-order chi connectivity index (χ0) is 18.1. The second-order valence-corrected chi connectivity index (χ2v) is 7.10. The summed E-state index contributed by atoms with van der Waals surface area (Å²) < 4.78 is 5.85. The Labute approximate surface area is 153 Å². The van der Waals surface area contributed by atoms with E-state index in [0.717, 1.165) is 35.3 Å². The number of benzene rings is 2. The second-order valence-electron chi connectivity index (χ2n) is 7.10. The summed E-state index contributed by atoms with van der Waals surface area (Å²) in [5.74, 6) is 0.864. The van der Waals surface area contributed by atoms with Gasteiger partial charge in [0, 0.05) is 18.2 Å². The number of amides is 1. The fraction of sp³-hybridized carbons (Fsp3) is 0.350.